The third kappa shape index (κ3) is 3.58. The van der Waals surface area contributed by atoms with Crippen molar-refractivity contribution in [1.82, 2.24) is 24.1 Å². The van der Waals surface area contributed by atoms with Gasteiger partial charge in [-0.25, -0.2) is 4.98 Å². The molecule has 3 heterocycles. The number of benzene rings is 1. The van der Waals surface area contributed by atoms with Gasteiger partial charge in [0, 0.05) is 35.5 Å². The Morgan fingerprint density at radius 1 is 1.32 bits per heavy atom. The van der Waals surface area contributed by atoms with E-state index in [1.54, 1.807) is 29.8 Å². The fourth-order valence-corrected chi connectivity index (χ4v) is 4.34. The lowest BCUT2D eigenvalue weighted by atomic mass is 10.2. The third-order valence-corrected chi connectivity index (χ3v) is 5.82. The van der Waals surface area contributed by atoms with Crippen molar-refractivity contribution in [3.63, 3.8) is 0 Å². The van der Waals surface area contributed by atoms with E-state index in [1.165, 1.54) is 23.1 Å². The Balaban J connectivity index is 1.63. The number of nitrogens with zero attached hydrogens (tertiary/aromatic N) is 5. The molecular weight excluding hydrogens is 394 g/mol. The van der Waals surface area contributed by atoms with Crippen molar-refractivity contribution in [2.45, 2.75) is 17.5 Å². The van der Waals surface area contributed by atoms with Gasteiger partial charge in [-0.05, 0) is 12.1 Å². The Morgan fingerprint density at radius 2 is 2.21 bits per heavy atom. The number of hydrogen-bond donors (Lipinski definition) is 0. The number of hydrogen-bond acceptors (Lipinski definition) is 7. The molecule has 0 saturated heterocycles. The molecule has 4 rings (SSSR count). The molecular formula is C19H17N5O2S2. The molecule has 1 aromatic carbocycles. The van der Waals surface area contributed by atoms with Gasteiger partial charge in [-0.2, -0.15) is 0 Å². The lowest BCUT2D eigenvalue weighted by Gasteiger charge is -2.08. The summed E-state index contributed by atoms with van der Waals surface area (Å²) >= 11 is 2.93. The summed E-state index contributed by atoms with van der Waals surface area (Å²) in [5.41, 5.74) is 1.55. The highest BCUT2D eigenvalue weighted by atomic mass is 32.2. The van der Waals surface area contributed by atoms with Crippen molar-refractivity contribution in [1.29, 1.82) is 0 Å². The van der Waals surface area contributed by atoms with Crippen LogP contribution in [0, 0.1) is 0 Å². The van der Waals surface area contributed by atoms with Crippen LogP contribution in [0.25, 0.3) is 16.3 Å². The summed E-state index contributed by atoms with van der Waals surface area (Å²) in [6.45, 7) is 4.41. The normalized spacial score (nSPS) is 11.0. The van der Waals surface area contributed by atoms with Gasteiger partial charge in [-0.3, -0.25) is 13.8 Å². The van der Waals surface area contributed by atoms with E-state index in [-0.39, 0.29) is 5.56 Å². The fourth-order valence-electron chi connectivity index (χ4n) is 2.77. The van der Waals surface area contributed by atoms with Crippen LogP contribution in [-0.4, -0.2) is 31.3 Å². The average molecular weight is 412 g/mol. The molecule has 0 bridgehead atoms. The highest BCUT2D eigenvalue weighted by Gasteiger charge is 2.15. The summed E-state index contributed by atoms with van der Waals surface area (Å²) in [6, 6.07) is 9.25. The molecule has 4 aromatic rings. The van der Waals surface area contributed by atoms with Crippen LogP contribution >= 0.6 is 23.1 Å². The number of allylic oxidation sites excluding steroid dienone is 1. The van der Waals surface area contributed by atoms with Crippen molar-refractivity contribution >= 4 is 28.1 Å². The van der Waals surface area contributed by atoms with Gasteiger partial charge in [0.05, 0.1) is 12.8 Å². The summed E-state index contributed by atoms with van der Waals surface area (Å²) in [7, 11) is 1.63. The highest BCUT2D eigenvalue weighted by Crippen LogP contribution is 2.28. The van der Waals surface area contributed by atoms with E-state index in [2.05, 4.69) is 21.8 Å². The van der Waals surface area contributed by atoms with E-state index in [0.717, 1.165) is 22.3 Å². The molecule has 3 aromatic heterocycles. The van der Waals surface area contributed by atoms with Gasteiger partial charge in [0.2, 0.25) is 0 Å². The van der Waals surface area contributed by atoms with Crippen molar-refractivity contribution in [2.24, 2.45) is 0 Å². The molecule has 0 aliphatic rings. The van der Waals surface area contributed by atoms with Crippen LogP contribution in [0.15, 0.2) is 64.5 Å². The zero-order chi connectivity index (χ0) is 19.5. The van der Waals surface area contributed by atoms with Gasteiger partial charge in [0.25, 0.3) is 5.56 Å². The van der Waals surface area contributed by atoms with E-state index >= 15 is 0 Å². The van der Waals surface area contributed by atoms with Crippen LogP contribution in [0.3, 0.4) is 0 Å². The molecule has 0 aliphatic heterocycles. The van der Waals surface area contributed by atoms with Crippen LogP contribution in [0.5, 0.6) is 5.75 Å². The summed E-state index contributed by atoms with van der Waals surface area (Å²) < 4.78 is 8.84. The molecule has 0 N–H and O–H groups in total. The zero-order valence-electron chi connectivity index (χ0n) is 15.1. The molecule has 142 valence electrons. The summed E-state index contributed by atoms with van der Waals surface area (Å²) in [6.07, 6.45) is 3.53. The molecule has 0 aliphatic carbocycles. The molecule has 0 spiro atoms. The Kier molecular flexibility index (Phi) is 5.27. The average Bonchev–Trinajstić information content (AvgIpc) is 3.34. The predicted molar refractivity (Wildman–Crippen MR) is 111 cm³/mol. The first kappa shape index (κ1) is 18.5. The SMILES string of the molecule is C=CCn1c(SCc2cc(=O)n3ccsc3n2)nnc1-c1cccc(OC)c1. The van der Waals surface area contributed by atoms with Crippen LogP contribution in [-0.2, 0) is 12.3 Å². The lowest BCUT2D eigenvalue weighted by Crippen LogP contribution is -2.12. The lowest BCUT2D eigenvalue weighted by molar-refractivity contribution is 0.415. The van der Waals surface area contributed by atoms with Crippen LogP contribution in [0.2, 0.25) is 0 Å². The number of methoxy groups -OCH3 is 1. The van der Waals surface area contributed by atoms with Crippen LogP contribution in [0.4, 0.5) is 0 Å². The maximum absolute atomic E-state index is 12.2. The van der Waals surface area contributed by atoms with Crippen molar-refractivity contribution < 1.29 is 4.74 Å². The Bertz CT molecular complexity index is 1190. The minimum absolute atomic E-state index is 0.0773. The number of fused-ring (bicyclic) bond motifs is 1. The number of thioether (sulfide) groups is 1. The molecule has 28 heavy (non-hydrogen) atoms. The van der Waals surface area contributed by atoms with Gasteiger partial charge in [0.15, 0.2) is 15.9 Å². The molecule has 0 fully saturated rings. The van der Waals surface area contributed by atoms with Crippen LogP contribution < -0.4 is 10.3 Å². The first-order valence-corrected chi connectivity index (χ1v) is 10.3. The number of rotatable bonds is 7. The molecule has 9 heteroatoms. The fraction of sp³-hybridized carbons (Fsp3) is 0.158. The summed E-state index contributed by atoms with van der Waals surface area (Å²) in [4.78, 5) is 17.4. The van der Waals surface area contributed by atoms with E-state index in [9.17, 15) is 4.79 Å². The predicted octanol–water partition coefficient (Wildman–Crippen LogP) is 3.50. The van der Waals surface area contributed by atoms with Gasteiger partial charge in [0.1, 0.15) is 5.75 Å². The molecule has 0 amide bonds. The zero-order valence-corrected chi connectivity index (χ0v) is 16.7. The van der Waals surface area contributed by atoms with E-state index in [4.69, 9.17) is 4.74 Å². The van der Waals surface area contributed by atoms with E-state index in [0.29, 0.717) is 23.0 Å². The molecule has 0 radical (unpaired) electrons. The minimum Gasteiger partial charge on any atom is -0.497 e. The Morgan fingerprint density at radius 3 is 3.04 bits per heavy atom. The molecule has 0 atom stereocenters. The molecule has 7 nitrogen and oxygen atoms in total. The second kappa shape index (κ2) is 7.99. The third-order valence-electron chi connectivity index (χ3n) is 4.06. The van der Waals surface area contributed by atoms with Gasteiger partial charge in [-0.1, -0.05) is 30.0 Å². The van der Waals surface area contributed by atoms with Crippen molar-refractivity contribution in [2.75, 3.05) is 7.11 Å². The summed E-state index contributed by atoms with van der Waals surface area (Å²) in [5.74, 6) is 2.02. The van der Waals surface area contributed by atoms with Gasteiger partial charge >= 0.3 is 0 Å². The van der Waals surface area contributed by atoms with Crippen molar-refractivity contribution in [3.05, 3.63) is 70.6 Å². The Labute approximate surface area is 169 Å². The van der Waals surface area contributed by atoms with E-state index in [1.807, 2.05) is 34.2 Å². The second-order valence-electron chi connectivity index (χ2n) is 5.87. The topological polar surface area (TPSA) is 74.3 Å². The maximum atomic E-state index is 12.2. The number of aromatic nitrogens is 5. The van der Waals surface area contributed by atoms with Crippen molar-refractivity contribution in [3.8, 4) is 17.1 Å². The summed E-state index contributed by atoms with van der Waals surface area (Å²) in [5, 5.41) is 11.3. The van der Waals surface area contributed by atoms with Gasteiger partial charge < -0.3 is 4.74 Å². The standard InChI is InChI=1S/C19H17N5O2S2/c1-3-7-24-17(13-5-4-6-15(10-13)26-2)21-22-19(24)28-12-14-11-16(25)23-8-9-27-18(23)20-14/h3-6,8-11H,1,7,12H2,2H3. The van der Waals surface area contributed by atoms with E-state index < -0.39 is 0 Å². The quantitative estimate of drug-likeness (QED) is 0.342. The molecule has 0 unspecified atom stereocenters. The smallest absolute Gasteiger partial charge is 0.258 e. The maximum Gasteiger partial charge on any atom is 0.258 e. The Hall–Kier alpha value is -2.91. The second-order valence-corrected chi connectivity index (χ2v) is 7.68. The highest BCUT2D eigenvalue weighted by molar-refractivity contribution is 7.98. The largest absolute Gasteiger partial charge is 0.497 e. The number of ether oxygens (including phenoxy) is 1. The first-order valence-electron chi connectivity index (χ1n) is 8.46. The van der Waals surface area contributed by atoms with Crippen LogP contribution in [0.1, 0.15) is 5.69 Å². The minimum atomic E-state index is -0.0773. The van der Waals surface area contributed by atoms with Gasteiger partial charge in [-0.15, -0.1) is 28.1 Å². The molecule has 0 saturated carbocycles. The monoisotopic (exact) mass is 411 g/mol. The first-order chi connectivity index (χ1) is 13.7. The number of thiazole rings is 1.